The molecule has 18 heavy (non-hydrogen) atoms. The third-order valence-corrected chi connectivity index (χ3v) is 4.73. The Morgan fingerprint density at radius 3 is 2.61 bits per heavy atom. The third kappa shape index (κ3) is 5.34. The van der Waals surface area contributed by atoms with Crippen LogP contribution in [0.2, 0.25) is 0 Å². The molecule has 4 nitrogen and oxygen atoms in total. The zero-order chi connectivity index (χ0) is 13.8. The predicted octanol–water partition coefficient (Wildman–Crippen LogP) is 2.93. The lowest BCUT2D eigenvalue weighted by atomic mass is 10.1. The van der Waals surface area contributed by atoms with Crippen LogP contribution in [0.5, 0.6) is 0 Å². The summed E-state index contributed by atoms with van der Waals surface area (Å²) in [5.41, 5.74) is 0. The average molecular weight is 400 g/mol. The molecule has 1 aromatic heterocycles. The van der Waals surface area contributed by atoms with E-state index < -0.39 is 10.0 Å². The number of nitrogens with zero attached hydrogens (tertiary/aromatic N) is 1. The Bertz CT molecular complexity index is 492. The van der Waals surface area contributed by atoms with Crippen LogP contribution < -0.4 is 4.72 Å². The van der Waals surface area contributed by atoms with Crippen LogP contribution in [-0.2, 0) is 10.0 Å². The number of pyridine rings is 1. The van der Waals surface area contributed by atoms with Crippen LogP contribution in [0.15, 0.2) is 27.8 Å². The maximum Gasteiger partial charge on any atom is 0.242 e. The van der Waals surface area contributed by atoms with E-state index in [2.05, 4.69) is 55.4 Å². The van der Waals surface area contributed by atoms with Crippen LogP contribution in [0.1, 0.15) is 20.3 Å². The number of aromatic nitrogens is 1. The lowest BCUT2D eigenvalue weighted by Gasteiger charge is -2.13. The fourth-order valence-electron chi connectivity index (χ4n) is 1.42. The van der Waals surface area contributed by atoms with Gasteiger partial charge in [-0.3, -0.25) is 4.98 Å². The van der Waals surface area contributed by atoms with Gasteiger partial charge >= 0.3 is 0 Å². The van der Waals surface area contributed by atoms with Crippen molar-refractivity contribution in [3.63, 3.8) is 0 Å². The molecule has 1 unspecified atom stereocenters. The van der Waals surface area contributed by atoms with E-state index >= 15 is 0 Å². The lowest BCUT2D eigenvalue weighted by Crippen LogP contribution is -2.30. The summed E-state index contributed by atoms with van der Waals surface area (Å²) in [5, 5.41) is 0. The molecule has 1 atom stereocenters. The zero-order valence-electron chi connectivity index (χ0n) is 10.2. The van der Waals surface area contributed by atoms with Crippen molar-refractivity contribution in [2.24, 2.45) is 5.92 Å². The first-order valence-electron chi connectivity index (χ1n) is 5.55. The number of rotatable bonds is 6. The van der Waals surface area contributed by atoms with E-state index in [1.165, 1.54) is 12.3 Å². The van der Waals surface area contributed by atoms with E-state index in [1.54, 1.807) is 6.20 Å². The second kappa shape index (κ2) is 6.98. The summed E-state index contributed by atoms with van der Waals surface area (Å²) in [7, 11) is -3.49. The summed E-state index contributed by atoms with van der Waals surface area (Å²) in [6.45, 7) is 4.56. The Kier molecular flexibility index (Phi) is 6.23. The van der Waals surface area contributed by atoms with Crippen LogP contribution in [-0.4, -0.2) is 24.8 Å². The van der Waals surface area contributed by atoms with E-state index in [0.717, 1.165) is 6.42 Å². The second-order valence-electron chi connectivity index (χ2n) is 4.42. The number of alkyl halides is 1. The van der Waals surface area contributed by atoms with Gasteiger partial charge in [-0.25, -0.2) is 13.1 Å². The minimum atomic E-state index is -3.49. The van der Waals surface area contributed by atoms with Gasteiger partial charge < -0.3 is 0 Å². The highest BCUT2D eigenvalue weighted by atomic mass is 79.9. The molecule has 1 rings (SSSR count). The Morgan fingerprint density at radius 2 is 2.06 bits per heavy atom. The van der Waals surface area contributed by atoms with Crippen molar-refractivity contribution in [1.82, 2.24) is 9.71 Å². The van der Waals surface area contributed by atoms with Crippen LogP contribution in [0.4, 0.5) is 0 Å². The molecule has 0 bridgehead atoms. The number of hydrogen-bond acceptors (Lipinski definition) is 3. The fourth-order valence-corrected chi connectivity index (χ4v) is 4.13. The average Bonchev–Trinajstić information content (AvgIpc) is 2.26. The van der Waals surface area contributed by atoms with Gasteiger partial charge in [0.25, 0.3) is 0 Å². The Morgan fingerprint density at radius 1 is 1.39 bits per heavy atom. The first-order chi connectivity index (χ1) is 8.31. The van der Waals surface area contributed by atoms with Crippen molar-refractivity contribution in [2.75, 3.05) is 6.54 Å². The van der Waals surface area contributed by atoms with Gasteiger partial charge in [0.15, 0.2) is 0 Å². The number of nitrogens with one attached hydrogen (secondary N) is 1. The van der Waals surface area contributed by atoms with Crippen LogP contribution in [0, 0.1) is 5.92 Å². The number of hydrogen-bond donors (Lipinski definition) is 1. The van der Waals surface area contributed by atoms with E-state index in [1.807, 2.05) is 0 Å². The van der Waals surface area contributed by atoms with Crippen molar-refractivity contribution in [3.8, 4) is 0 Å². The SMILES string of the molecule is CC(C)CC(Br)CNS(=O)(=O)c1cncc(Br)c1. The zero-order valence-corrected chi connectivity index (χ0v) is 14.2. The molecule has 0 spiro atoms. The largest absolute Gasteiger partial charge is 0.262 e. The molecule has 0 aliphatic rings. The van der Waals surface area contributed by atoms with Crippen molar-refractivity contribution in [3.05, 3.63) is 22.9 Å². The maximum absolute atomic E-state index is 12.0. The quantitative estimate of drug-likeness (QED) is 0.748. The van der Waals surface area contributed by atoms with Crippen molar-refractivity contribution in [1.29, 1.82) is 0 Å². The monoisotopic (exact) mass is 398 g/mol. The molecule has 0 amide bonds. The molecule has 0 aliphatic heterocycles. The summed E-state index contributed by atoms with van der Waals surface area (Å²) in [6.07, 6.45) is 3.79. The van der Waals surface area contributed by atoms with Gasteiger partial charge in [0.1, 0.15) is 4.90 Å². The van der Waals surface area contributed by atoms with Gasteiger partial charge in [0.05, 0.1) is 0 Å². The van der Waals surface area contributed by atoms with Gasteiger partial charge in [0.2, 0.25) is 10.0 Å². The predicted molar refractivity (Wildman–Crippen MR) is 79.3 cm³/mol. The number of sulfonamides is 1. The molecule has 0 saturated carbocycles. The van der Waals surface area contributed by atoms with Gasteiger partial charge in [-0.2, -0.15) is 0 Å². The van der Waals surface area contributed by atoms with Crippen LogP contribution >= 0.6 is 31.9 Å². The van der Waals surface area contributed by atoms with Crippen LogP contribution in [0.3, 0.4) is 0 Å². The molecular formula is C11H16Br2N2O2S. The highest BCUT2D eigenvalue weighted by Gasteiger charge is 2.16. The highest BCUT2D eigenvalue weighted by molar-refractivity contribution is 9.10. The summed E-state index contributed by atoms with van der Waals surface area (Å²) in [5.74, 6) is 0.520. The van der Waals surface area contributed by atoms with Gasteiger partial charge in [-0.15, -0.1) is 0 Å². The molecular weight excluding hydrogens is 384 g/mol. The normalized spacial score (nSPS) is 13.8. The summed E-state index contributed by atoms with van der Waals surface area (Å²) in [4.78, 5) is 4.15. The minimum Gasteiger partial charge on any atom is -0.262 e. The molecule has 7 heteroatoms. The summed E-state index contributed by atoms with van der Waals surface area (Å²) >= 11 is 6.67. The molecule has 0 radical (unpaired) electrons. The minimum absolute atomic E-state index is 0.132. The third-order valence-electron chi connectivity index (χ3n) is 2.21. The molecule has 0 aromatic carbocycles. The van der Waals surface area contributed by atoms with Crippen molar-refractivity contribution in [2.45, 2.75) is 30.0 Å². The molecule has 0 aliphatic carbocycles. The van der Waals surface area contributed by atoms with Crippen molar-refractivity contribution < 1.29 is 8.42 Å². The molecule has 1 heterocycles. The standard InChI is InChI=1S/C11H16Br2N2O2S/c1-8(2)3-9(12)6-15-18(16,17)11-4-10(13)5-14-7-11/h4-5,7-9,15H,3,6H2,1-2H3. The van der Waals surface area contributed by atoms with Crippen LogP contribution in [0.25, 0.3) is 0 Å². The fraction of sp³-hybridized carbons (Fsp3) is 0.545. The number of halogens is 2. The first kappa shape index (κ1) is 16.1. The van der Waals surface area contributed by atoms with E-state index in [0.29, 0.717) is 16.9 Å². The summed E-state index contributed by atoms with van der Waals surface area (Å²) in [6, 6.07) is 1.53. The second-order valence-corrected chi connectivity index (χ2v) is 8.40. The van der Waals surface area contributed by atoms with Gasteiger partial charge in [0, 0.05) is 28.2 Å². The van der Waals surface area contributed by atoms with Gasteiger partial charge in [-0.1, -0.05) is 29.8 Å². The molecule has 102 valence electrons. The maximum atomic E-state index is 12.0. The smallest absolute Gasteiger partial charge is 0.242 e. The molecule has 1 aromatic rings. The van der Waals surface area contributed by atoms with Gasteiger partial charge in [-0.05, 0) is 34.3 Å². The molecule has 0 fully saturated rings. The van der Waals surface area contributed by atoms with Crippen molar-refractivity contribution >= 4 is 41.9 Å². The molecule has 0 saturated heterocycles. The Labute approximate surface area is 125 Å². The molecule has 1 N–H and O–H groups in total. The Hall–Kier alpha value is 0.0200. The first-order valence-corrected chi connectivity index (χ1v) is 8.74. The summed E-state index contributed by atoms with van der Waals surface area (Å²) < 4.78 is 27.2. The highest BCUT2D eigenvalue weighted by Crippen LogP contribution is 2.16. The lowest BCUT2D eigenvalue weighted by molar-refractivity contribution is 0.551. The topological polar surface area (TPSA) is 59.1 Å². The van der Waals surface area contributed by atoms with E-state index in [9.17, 15) is 8.42 Å². The van der Waals surface area contributed by atoms with E-state index in [4.69, 9.17) is 0 Å². The van der Waals surface area contributed by atoms with E-state index in [-0.39, 0.29) is 9.72 Å². The Balaban J connectivity index is 2.66.